The summed E-state index contributed by atoms with van der Waals surface area (Å²) in [5.74, 6) is -0.279. The molecule has 320 valence electrons. The standard InChI is InChI=1S/C26H30N4O3.C22H25BrN2O3/c1-26(2,3)33-25(32)28-22(14-18-8-6-5-7-9-18)24(31)30-13-12-19-10-11-20(15-23(19)30)21-16-27-29(4)17-21;1-22(2,3)28-21(27)24-18(13-15-7-5-4-6-8-15)20(26)25-12-11-16-9-10-17(23)14-19(16)25/h5-11,15-17,22H,12-14H2,1-4H3,(H,28,32);4-10,14,18H,11-13H2,1-3H3,(H,24,27)/t22-;18-/m00/s1. The molecule has 0 saturated carbocycles. The summed E-state index contributed by atoms with van der Waals surface area (Å²) in [7, 11) is 1.88. The van der Waals surface area contributed by atoms with Crippen LogP contribution in [0.15, 0.2) is 114 Å². The quantitative estimate of drug-likeness (QED) is 0.151. The van der Waals surface area contributed by atoms with Gasteiger partial charge < -0.3 is 29.9 Å². The second-order valence-corrected chi connectivity index (χ2v) is 18.2. The molecule has 5 aromatic rings. The van der Waals surface area contributed by atoms with Gasteiger partial charge in [-0.25, -0.2) is 9.59 Å². The number of nitrogens with one attached hydrogen (secondary N) is 2. The van der Waals surface area contributed by atoms with Gasteiger partial charge in [0.05, 0.1) is 6.20 Å². The van der Waals surface area contributed by atoms with Crippen LogP contribution in [0.5, 0.6) is 0 Å². The Balaban J connectivity index is 0.000000207. The van der Waals surface area contributed by atoms with Gasteiger partial charge in [0.15, 0.2) is 0 Å². The minimum atomic E-state index is -0.741. The predicted molar refractivity (Wildman–Crippen MR) is 242 cm³/mol. The molecule has 0 bridgehead atoms. The fraction of sp³-hybridized carbons (Fsp3) is 0.354. The highest BCUT2D eigenvalue weighted by Crippen LogP contribution is 2.34. The highest BCUT2D eigenvalue weighted by Gasteiger charge is 2.34. The van der Waals surface area contributed by atoms with Gasteiger partial charge in [0.2, 0.25) is 11.8 Å². The molecule has 2 atom stereocenters. The maximum absolute atomic E-state index is 13.7. The van der Waals surface area contributed by atoms with Gasteiger partial charge >= 0.3 is 12.2 Å². The third kappa shape index (κ3) is 12.3. The lowest BCUT2D eigenvalue weighted by molar-refractivity contribution is -0.121. The summed E-state index contributed by atoms with van der Waals surface area (Å²) in [6.07, 6.45) is 4.94. The molecule has 1 aromatic heterocycles. The molecule has 0 fully saturated rings. The van der Waals surface area contributed by atoms with Gasteiger partial charge in [-0.15, -0.1) is 0 Å². The zero-order valence-electron chi connectivity index (χ0n) is 35.9. The second-order valence-electron chi connectivity index (χ2n) is 17.3. The van der Waals surface area contributed by atoms with Crippen molar-refractivity contribution in [2.75, 3.05) is 22.9 Å². The smallest absolute Gasteiger partial charge is 0.408 e. The Morgan fingerprint density at radius 2 is 1.11 bits per heavy atom. The number of fused-ring (bicyclic) bond motifs is 2. The first-order chi connectivity index (χ1) is 28.9. The number of ether oxygens (including phenoxy) is 2. The number of carbonyl (C=O) groups is 4. The first kappa shape index (κ1) is 44.6. The molecule has 3 heterocycles. The van der Waals surface area contributed by atoms with Gasteiger partial charge in [-0.05, 0) is 100 Å². The van der Waals surface area contributed by atoms with Gasteiger partial charge in [-0.1, -0.05) is 94.8 Å². The average Bonchev–Trinajstić information content (AvgIpc) is 3.94. The van der Waals surface area contributed by atoms with Crippen molar-refractivity contribution in [3.8, 4) is 11.1 Å². The molecule has 0 saturated heterocycles. The topological polar surface area (TPSA) is 135 Å². The van der Waals surface area contributed by atoms with E-state index in [-0.39, 0.29) is 11.8 Å². The number of aromatic nitrogens is 2. The first-order valence-electron chi connectivity index (χ1n) is 20.5. The van der Waals surface area contributed by atoms with E-state index in [1.165, 1.54) is 0 Å². The molecule has 2 N–H and O–H groups in total. The molecule has 4 aromatic carbocycles. The van der Waals surface area contributed by atoms with Gasteiger partial charge in [0.1, 0.15) is 23.3 Å². The average molecular weight is 892 g/mol. The first-order valence-corrected chi connectivity index (χ1v) is 21.3. The van der Waals surface area contributed by atoms with Gasteiger partial charge in [-0.3, -0.25) is 14.3 Å². The number of alkyl carbamates (subject to hydrolysis) is 2. The maximum Gasteiger partial charge on any atom is 0.408 e. The van der Waals surface area contributed by atoms with Crippen LogP contribution in [0.1, 0.15) is 63.8 Å². The molecule has 2 aliphatic heterocycles. The molecule has 2 aliphatic rings. The second kappa shape index (κ2) is 19.2. The van der Waals surface area contributed by atoms with E-state index in [2.05, 4.69) is 43.8 Å². The number of benzene rings is 4. The lowest BCUT2D eigenvalue weighted by atomic mass is 10.0. The number of anilines is 2. The summed E-state index contributed by atoms with van der Waals surface area (Å²) < 4.78 is 13.5. The van der Waals surface area contributed by atoms with Crippen LogP contribution in [-0.4, -0.2) is 70.2 Å². The fourth-order valence-corrected chi connectivity index (χ4v) is 7.66. The number of carbonyl (C=O) groups excluding carboxylic acids is 4. The number of aryl methyl sites for hydroxylation is 1. The Morgan fingerprint density at radius 1 is 0.656 bits per heavy atom. The van der Waals surface area contributed by atoms with Crippen molar-refractivity contribution in [2.45, 2.75) is 90.5 Å². The largest absolute Gasteiger partial charge is 0.444 e. The molecule has 7 rings (SSSR count). The molecular formula is C48H55BrN6O6. The normalized spacial score (nSPS) is 14.2. The monoisotopic (exact) mass is 890 g/mol. The molecule has 13 heteroatoms. The van der Waals surface area contributed by atoms with Crippen molar-refractivity contribution in [1.82, 2.24) is 20.4 Å². The predicted octanol–water partition coefficient (Wildman–Crippen LogP) is 8.59. The van der Waals surface area contributed by atoms with E-state index >= 15 is 0 Å². The maximum atomic E-state index is 13.7. The lowest BCUT2D eigenvalue weighted by Gasteiger charge is -2.27. The van der Waals surface area contributed by atoms with Gasteiger partial charge in [0, 0.05) is 60.6 Å². The molecule has 0 unspecified atom stereocenters. The Labute approximate surface area is 366 Å². The Hall–Kier alpha value is -5.95. The highest BCUT2D eigenvalue weighted by atomic mass is 79.9. The van der Waals surface area contributed by atoms with Gasteiger partial charge in [0.25, 0.3) is 0 Å². The van der Waals surface area contributed by atoms with Gasteiger partial charge in [-0.2, -0.15) is 5.10 Å². The summed E-state index contributed by atoms with van der Waals surface area (Å²) in [5.41, 5.74) is 6.68. The molecule has 0 spiro atoms. The van der Waals surface area contributed by atoms with E-state index in [0.717, 1.165) is 62.1 Å². The molecule has 0 radical (unpaired) electrons. The Bertz CT molecular complexity index is 2340. The SMILES string of the molecule is CC(C)(C)OC(=O)N[C@@H](Cc1ccccc1)C(=O)N1CCc2ccc(Br)cc21.Cn1cc(-c2ccc3c(c2)N(C(=O)[C@H](Cc2ccccc2)NC(=O)OC(C)(C)C)CC3)cn1. The summed E-state index contributed by atoms with van der Waals surface area (Å²) in [5, 5.41) is 9.85. The summed E-state index contributed by atoms with van der Waals surface area (Å²) in [6, 6.07) is 30.0. The van der Waals surface area contributed by atoms with Crippen LogP contribution < -0.4 is 20.4 Å². The lowest BCUT2D eigenvalue weighted by Crippen LogP contribution is -2.50. The van der Waals surface area contributed by atoms with Crippen LogP contribution in [0.3, 0.4) is 0 Å². The van der Waals surface area contributed by atoms with Crippen LogP contribution in [0.4, 0.5) is 21.0 Å². The van der Waals surface area contributed by atoms with Crippen molar-refractivity contribution in [3.63, 3.8) is 0 Å². The number of hydrogen-bond donors (Lipinski definition) is 2. The molecule has 4 amide bonds. The minimum Gasteiger partial charge on any atom is -0.444 e. The number of halogens is 1. The number of hydrogen-bond acceptors (Lipinski definition) is 7. The van der Waals surface area contributed by atoms with Crippen LogP contribution in [0.2, 0.25) is 0 Å². The molecule has 12 nitrogen and oxygen atoms in total. The summed E-state index contributed by atoms with van der Waals surface area (Å²) in [6.45, 7) is 12.0. The zero-order chi connectivity index (χ0) is 43.9. The number of nitrogens with zero attached hydrogens (tertiary/aromatic N) is 4. The Morgan fingerprint density at radius 3 is 1.56 bits per heavy atom. The summed E-state index contributed by atoms with van der Waals surface area (Å²) >= 11 is 3.48. The fourth-order valence-electron chi connectivity index (χ4n) is 7.31. The van der Waals surface area contributed by atoms with Crippen molar-refractivity contribution in [2.24, 2.45) is 7.05 Å². The van der Waals surface area contributed by atoms with E-state index in [9.17, 15) is 19.2 Å². The van der Waals surface area contributed by atoms with E-state index in [1.54, 1.807) is 56.0 Å². The van der Waals surface area contributed by atoms with Crippen LogP contribution in [-0.2, 0) is 51.8 Å². The van der Waals surface area contributed by atoms with Crippen LogP contribution in [0, 0.1) is 0 Å². The van der Waals surface area contributed by atoms with E-state index in [0.29, 0.717) is 25.9 Å². The van der Waals surface area contributed by atoms with Crippen LogP contribution >= 0.6 is 15.9 Å². The highest BCUT2D eigenvalue weighted by molar-refractivity contribution is 9.10. The molecular weight excluding hydrogens is 836 g/mol. The minimum absolute atomic E-state index is 0.133. The van der Waals surface area contributed by atoms with E-state index in [4.69, 9.17) is 9.47 Å². The van der Waals surface area contributed by atoms with Crippen molar-refractivity contribution >= 4 is 51.3 Å². The number of rotatable bonds is 9. The summed E-state index contributed by atoms with van der Waals surface area (Å²) in [4.78, 5) is 55.5. The zero-order valence-corrected chi connectivity index (χ0v) is 37.5. The van der Waals surface area contributed by atoms with Crippen LogP contribution in [0.25, 0.3) is 11.1 Å². The van der Waals surface area contributed by atoms with Crippen molar-refractivity contribution in [1.29, 1.82) is 0 Å². The van der Waals surface area contributed by atoms with Crippen molar-refractivity contribution < 1.29 is 28.7 Å². The number of amides is 4. The van der Waals surface area contributed by atoms with Crippen molar-refractivity contribution in [3.05, 3.63) is 136 Å². The molecule has 61 heavy (non-hydrogen) atoms. The van der Waals surface area contributed by atoms with E-state index < -0.39 is 35.5 Å². The third-order valence-electron chi connectivity index (χ3n) is 10.0. The Kier molecular flexibility index (Phi) is 14.0. The third-order valence-corrected chi connectivity index (χ3v) is 10.5. The molecule has 0 aliphatic carbocycles. The van der Waals surface area contributed by atoms with E-state index in [1.807, 2.05) is 104 Å².